The Bertz CT molecular complexity index is 656. The van der Waals surface area contributed by atoms with Crippen molar-refractivity contribution in [3.63, 3.8) is 0 Å². The van der Waals surface area contributed by atoms with Crippen LogP contribution in [0.2, 0.25) is 0 Å². The number of hydrogen-bond donors (Lipinski definition) is 2. The summed E-state index contributed by atoms with van der Waals surface area (Å²) in [6, 6.07) is 10.7. The Balaban J connectivity index is 1.98. The number of aromatic nitrogens is 1. The molecule has 108 valence electrons. The molecule has 0 saturated heterocycles. The van der Waals surface area contributed by atoms with Gasteiger partial charge in [0.1, 0.15) is 5.82 Å². The molecule has 5 nitrogen and oxygen atoms in total. The number of aryl methyl sites for hydroxylation is 1. The van der Waals surface area contributed by atoms with Crippen molar-refractivity contribution in [1.82, 2.24) is 4.98 Å². The van der Waals surface area contributed by atoms with Gasteiger partial charge in [-0.1, -0.05) is 0 Å². The number of rotatable bonds is 3. The largest absolute Gasteiger partial charge is 0.465 e. The number of anilines is 2. The van der Waals surface area contributed by atoms with Gasteiger partial charge in [0.05, 0.1) is 12.7 Å². The van der Waals surface area contributed by atoms with E-state index in [9.17, 15) is 4.79 Å². The minimum atomic E-state index is -0.369. The van der Waals surface area contributed by atoms with Crippen LogP contribution < -0.4 is 10.6 Å². The van der Waals surface area contributed by atoms with Crippen molar-refractivity contribution in [3.05, 3.63) is 53.7 Å². The maximum Gasteiger partial charge on any atom is 0.337 e. The van der Waals surface area contributed by atoms with Gasteiger partial charge in [0.2, 0.25) is 0 Å². The maximum atomic E-state index is 11.3. The van der Waals surface area contributed by atoms with E-state index in [0.717, 1.165) is 11.3 Å². The number of ether oxygens (including phenoxy) is 1. The second-order valence-electron chi connectivity index (χ2n) is 4.37. The zero-order valence-corrected chi connectivity index (χ0v) is 12.5. The van der Waals surface area contributed by atoms with E-state index in [0.29, 0.717) is 16.5 Å². The van der Waals surface area contributed by atoms with Crippen LogP contribution in [-0.2, 0) is 4.74 Å². The minimum Gasteiger partial charge on any atom is -0.465 e. The Kier molecular flexibility index (Phi) is 4.84. The first kappa shape index (κ1) is 14.9. The standard InChI is InChI=1S/C15H15N3O2S/c1-10-7-8-16-13(9-10)18-15(21)17-12-5-3-11(4-6-12)14(19)20-2/h3-9H,1-2H3,(H2,16,17,18,21). The lowest BCUT2D eigenvalue weighted by Crippen LogP contribution is -2.19. The molecular weight excluding hydrogens is 286 g/mol. The summed E-state index contributed by atoms with van der Waals surface area (Å²) in [6.07, 6.45) is 1.71. The fourth-order valence-electron chi connectivity index (χ4n) is 1.69. The van der Waals surface area contributed by atoms with E-state index in [4.69, 9.17) is 12.2 Å². The third-order valence-electron chi connectivity index (χ3n) is 2.72. The number of benzene rings is 1. The van der Waals surface area contributed by atoms with E-state index < -0.39 is 0 Å². The quantitative estimate of drug-likeness (QED) is 0.671. The van der Waals surface area contributed by atoms with Crippen molar-refractivity contribution in [2.24, 2.45) is 0 Å². The Labute approximate surface area is 128 Å². The minimum absolute atomic E-state index is 0.369. The van der Waals surface area contributed by atoms with Gasteiger partial charge in [-0.2, -0.15) is 0 Å². The van der Waals surface area contributed by atoms with Gasteiger partial charge in [-0.15, -0.1) is 0 Å². The summed E-state index contributed by atoms with van der Waals surface area (Å²) in [5.41, 5.74) is 2.35. The monoisotopic (exact) mass is 301 g/mol. The first-order valence-corrected chi connectivity index (χ1v) is 6.68. The topological polar surface area (TPSA) is 63.2 Å². The molecule has 1 heterocycles. The highest BCUT2D eigenvalue weighted by Gasteiger charge is 2.05. The lowest BCUT2D eigenvalue weighted by atomic mass is 10.2. The molecule has 0 atom stereocenters. The van der Waals surface area contributed by atoms with Gasteiger partial charge < -0.3 is 15.4 Å². The van der Waals surface area contributed by atoms with Crippen LogP contribution in [0.3, 0.4) is 0 Å². The SMILES string of the molecule is COC(=O)c1ccc(NC(=S)Nc2cc(C)ccn2)cc1. The fourth-order valence-corrected chi connectivity index (χ4v) is 1.91. The number of carbonyl (C=O) groups excluding carboxylic acids is 1. The number of pyridine rings is 1. The summed E-state index contributed by atoms with van der Waals surface area (Å²) in [6.45, 7) is 1.98. The van der Waals surface area contributed by atoms with Crippen molar-refractivity contribution < 1.29 is 9.53 Å². The first-order chi connectivity index (χ1) is 10.1. The Hall–Kier alpha value is -2.47. The van der Waals surface area contributed by atoms with Gasteiger partial charge in [0.25, 0.3) is 0 Å². The summed E-state index contributed by atoms with van der Waals surface area (Å²) in [5, 5.41) is 6.45. The average molecular weight is 301 g/mol. The lowest BCUT2D eigenvalue weighted by Gasteiger charge is -2.10. The molecule has 0 aliphatic heterocycles. The summed E-state index contributed by atoms with van der Waals surface area (Å²) < 4.78 is 4.64. The van der Waals surface area contributed by atoms with Crippen LogP contribution in [0, 0.1) is 6.92 Å². The number of hydrogen-bond acceptors (Lipinski definition) is 4. The molecule has 0 aliphatic rings. The molecule has 6 heteroatoms. The van der Waals surface area contributed by atoms with Crippen molar-refractivity contribution in [1.29, 1.82) is 0 Å². The second kappa shape index (κ2) is 6.81. The highest BCUT2D eigenvalue weighted by molar-refractivity contribution is 7.80. The molecule has 0 aliphatic carbocycles. The van der Waals surface area contributed by atoms with Crippen LogP contribution >= 0.6 is 12.2 Å². The van der Waals surface area contributed by atoms with E-state index in [1.807, 2.05) is 19.1 Å². The van der Waals surface area contributed by atoms with Gasteiger partial charge in [-0.3, -0.25) is 0 Å². The third kappa shape index (κ3) is 4.25. The first-order valence-electron chi connectivity index (χ1n) is 6.27. The molecule has 0 saturated carbocycles. The fraction of sp³-hybridized carbons (Fsp3) is 0.133. The number of carbonyl (C=O) groups is 1. The van der Waals surface area contributed by atoms with Crippen molar-refractivity contribution >= 4 is 34.8 Å². The molecular formula is C15H15N3O2S. The molecule has 2 aromatic rings. The Morgan fingerprint density at radius 3 is 2.52 bits per heavy atom. The van der Waals surface area contributed by atoms with E-state index in [-0.39, 0.29) is 5.97 Å². The molecule has 0 spiro atoms. The van der Waals surface area contributed by atoms with Crippen LogP contribution in [0.1, 0.15) is 15.9 Å². The molecule has 2 N–H and O–H groups in total. The summed E-state index contributed by atoms with van der Waals surface area (Å²) in [4.78, 5) is 15.5. The highest BCUT2D eigenvalue weighted by atomic mass is 32.1. The molecule has 1 aromatic carbocycles. The van der Waals surface area contributed by atoms with Gasteiger partial charge in [0.15, 0.2) is 5.11 Å². The van der Waals surface area contributed by atoms with Crippen LogP contribution in [0.15, 0.2) is 42.6 Å². The summed E-state index contributed by atoms with van der Waals surface area (Å²) >= 11 is 5.21. The molecule has 0 unspecified atom stereocenters. The van der Waals surface area contributed by atoms with E-state index >= 15 is 0 Å². The second-order valence-corrected chi connectivity index (χ2v) is 4.77. The van der Waals surface area contributed by atoms with Crippen molar-refractivity contribution in [2.45, 2.75) is 6.92 Å². The number of thiocarbonyl (C=S) groups is 1. The zero-order valence-electron chi connectivity index (χ0n) is 11.7. The lowest BCUT2D eigenvalue weighted by molar-refractivity contribution is 0.0601. The number of nitrogens with zero attached hydrogens (tertiary/aromatic N) is 1. The average Bonchev–Trinajstić information content (AvgIpc) is 2.47. The smallest absolute Gasteiger partial charge is 0.337 e. The van der Waals surface area contributed by atoms with Gasteiger partial charge in [-0.25, -0.2) is 9.78 Å². The van der Waals surface area contributed by atoms with Crippen LogP contribution in [0.4, 0.5) is 11.5 Å². The number of methoxy groups -OCH3 is 1. The van der Waals surface area contributed by atoms with Crippen LogP contribution in [0.5, 0.6) is 0 Å². The molecule has 0 fully saturated rings. The van der Waals surface area contributed by atoms with E-state index in [1.165, 1.54) is 7.11 Å². The molecule has 2 rings (SSSR count). The van der Waals surface area contributed by atoms with Gasteiger partial charge in [0, 0.05) is 11.9 Å². The predicted molar refractivity (Wildman–Crippen MR) is 86.6 cm³/mol. The Morgan fingerprint density at radius 1 is 1.19 bits per heavy atom. The maximum absolute atomic E-state index is 11.3. The zero-order chi connectivity index (χ0) is 15.2. The molecule has 21 heavy (non-hydrogen) atoms. The summed E-state index contributed by atoms with van der Waals surface area (Å²) in [5.74, 6) is 0.310. The van der Waals surface area contributed by atoms with Crippen LogP contribution in [0.25, 0.3) is 0 Å². The molecule has 0 amide bonds. The van der Waals surface area contributed by atoms with Crippen LogP contribution in [-0.4, -0.2) is 23.2 Å². The van der Waals surface area contributed by atoms with Crippen molar-refractivity contribution in [2.75, 3.05) is 17.7 Å². The van der Waals surface area contributed by atoms with Crippen molar-refractivity contribution in [3.8, 4) is 0 Å². The predicted octanol–water partition coefficient (Wildman–Crippen LogP) is 2.99. The highest BCUT2D eigenvalue weighted by Crippen LogP contribution is 2.11. The summed E-state index contributed by atoms with van der Waals surface area (Å²) in [7, 11) is 1.35. The number of nitrogens with one attached hydrogen (secondary N) is 2. The van der Waals surface area contributed by atoms with E-state index in [2.05, 4.69) is 20.4 Å². The third-order valence-corrected chi connectivity index (χ3v) is 2.93. The molecule has 0 radical (unpaired) electrons. The van der Waals surface area contributed by atoms with E-state index in [1.54, 1.807) is 30.5 Å². The van der Waals surface area contributed by atoms with Gasteiger partial charge in [-0.05, 0) is 61.1 Å². The molecule has 1 aromatic heterocycles. The normalized spacial score (nSPS) is 9.81. The Morgan fingerprint density at radius 2 is 1.90 bits per heavy atom. The van der Waals surface area contributed by atoms with Gasteiger partial charge >= 0.3 is 5.97 Å². The molecule has 0 bridgehead atoms. The number of esters is 1.